The first-order valence-electron chi connectivity index (χ1n) is 11.0. The molecule has 164 valence electrons. The largest absolute Gasteiger partial charge is 0.497 e. The summed E-state index contributed by atoms with van der Waals surface area (Å²) in [6.45, 7) is 2.29. The monoisotopic (exact) mass is 428 g/mol. The van der Waals surface area contributed by atoms with Gasteiger partial charge in [-0.25, -0.2) is 0 Å². The molecule has 3 aromatic rings. The zero-order chi connectivity index (χ0) is 22.3. The highest BCUT2D eigenvalue weighted by Crippen LogP contribution is 2.27. The fourth-order valence-corrected chi connectivity index (χ4v) is 4.23. The molecule has 4 rings (SSSR count). The number of nitrogens with zero attached hydrogens (tertiary/aromatic N) is 2. The highest BCUT2D eigenvalue weighted by molar-refractivity contribution is 5.94. The molecule has 0 spiro atoms. The van der Waals surface area contributed by atoms with Crippen molar-refractivity contribution in [1.29, 1.82) is 0 Å². The number of ether oxygens (including phenoxy) is 1. The van der Waals surface area contributed by atoms with E-state index in [2.05, 4.69) is 0 Å². The van der Waals surface area contributed by atoms with Crippen LogP contribution in [0.1, 0.15) is 33.8 Å². The van der Waals surface area contributed by atoms with E-state index in [0.717, 1.165) is 17.5 Å². The average Bonchev–Trinajstić information content (AvgIpc) is 3.11. The summed E-state index contributed by atoms with van der Waals surface area (Å²) in [7, 11) is 1.59. The Morgan fingerprint density at radius 3 is 1.97 bits per heavy atom. The zero-order valence-electron chi connectivity index (χ0n) is 18.3. The van der Waals surface area contributed by atoms with Gasteiger partial charge in [0.25, 0.3) is 5.91 Å². The Morgan fingerprint density at radius 1 is 0.750 bits per heavy atom. The van der Waals surface area contributed by atoms with Crippen LogP contribution in [-0.2, 0) is 4.79 Å². The van der Waals surface area contributed by atoms with E-state index < -0.39 is 0 Å². The van der Waals surface area contributed by atoms with Crippen molar-refractivity contribution in [1.82, 2.24) is 9.80 Å². The van der Waals surface area contributed by atoms with Gasteiger partial charge in [-0.05, 0) is 35.7 Å². The van der Waals surface area contributed by atoms with E-state index >= 15 is 0 Å². The molecule has 0 atom stereocenters. The molecular formula is C27H28N2O3. The lowest BCUT2D eigenvalue weighted by Crippen LogP contribution is -2.39. The van der Waals surface area contributed by atoms with Gasteiger partial charge in [-0.15, -0.1) is 0 Å². The standard InChI is InChI=1S/C27H28N2O3/c1-32-24-15-8-14-23(20-24)26(30)28-16-9-17-29(19-18-28)27(31)25(21-10-4-2-5-11-21)22-12-6-3-7-13-22/h2-8,10-15,20,25H,9,16-19H2,1H3. The molecule has 0 aromatic heterocycles. The highest BCUT2D eigenvalue weighted by Gasteiger charge is 2.29. The van der Waals surface area contributed by atoms with Gasteiger partial charge in [0.1, 0.15) is 5.75 Å². The van der Waals surface area contributed by atoms with Gasteiger partial charge in [0, 0.05) is 31.7 Å². The second-order valence-corrected chi connectivity index (χ2v) is 7.96. The van der Waals surface area contributed by atoms with Crippen LogP contribution in [0.5, 0.6) is 5.75 Å². The fourth-order valence-electron chi connectivity index (χ4n) is 4.23. The maximum absolute atomic E-state index is 13.7. The van der Waals surface area contributed by atoms with Crippen LogP contribution in [0, 0.1) is 0 Å². The Morgan fingerprint density at radius 2 is 1.34 bits per heavy atom. The van der Waals surface area contributed by atoms with Gasteiger partial charge in [-0.3, -0.25) is 9.59 Å². The van der Waals surface area contributed by atoms with Gasteiger partial charge in [0.05, 0.1) is 13.0 Å². The second-order valence-electron chi connectivity index (χ2n) is 7.96. The summed E-state index contributed by atoms with van der Waals surface area (Å²) in [5.74, 6) is 0.369. The summed E-state index contributed by atoms with van der Waals surface area (Å²) in [6.07, 6.45) is 0.748. The van der Waals surface area contributed by atoms with Gasteiger partial charge < -0.3 is 14.5 Å². The minimum absolute atomic E-state index is 0.0270. The van der Waals surface area contributed by atoms with Crippen molar-refractivity contribution in [2.45, 2.75) is 12.3 Å². The summed E-state index contributed by atoms with van der Waals surface area (Å²) < 4.78 is 5.25. The maximum atomic E-state index is 13.7. The van der Waals surface area contributed by atoms with Crippen molar-refractivity contribution in [3.8, 4) is 5.75 Å². The molecule has 2 amide bonds. The second kappa shape index (κ2) is 10.1. The predicted octanol–water partition coefficient (Wildman–Crippen LogP) is 4.20. The maximum Gasteiger partial charge on any atom is 0.254 e. The zero-order valence-corrected chi connectivity index (χ0v) is 18.3. The lowest BCUT2D eigenvalue weighted by atomic mass is 9.90. The Bertz CT molecular complexity index is 1010. The van der Waals surface area contributed by atoms with E-state index in [0.29, 0.717) is 37.5 Å². The molecule has 32 heavy (non-hydrogen) atoms. The molecule has 1 fully saturated rings. The third-order valence-electron chi connectivity index (χ3n) is 5.92. The van der Waals surface area contributed by atoms with Crippen molar-refractivity contribution in [2.24, 2.45) is 0 Å². The molecule has 0 radical (unpaired) electrons. The van der Waals surface area contributed by atoms with Gasteiger partial charge in [-0.2, -0.15) is 0 Å². The molecule has 5 heteroatoms. The molecule has 1 saturated heterocycles. The third-order valence-corrected chi connectivity index (χ3v) is 5.92. The van der Waals surface area contributed by atoms with E-state index in [9.17, 15) is 9.59 Å². The number of amides is 2. The number of rotatable bonds is 5. The molecule has 0 aliphatic carbocycles. The van der Waals surface area contributed by atoms with Crippen LogP contribution >= 0.6 is 0 Å². The summed E-state index contributed by atoms with van der Waals surface area (Å²) in [4.78, 5) is 30.5. The number of hydrogen-bond donors (Lipinski definition) is 0. The molecular weight excluding hydrogens is 400 g/mol. The van der Waals surface area contributed by atoms with Crippen LogP contribution in [0.4, 0.5) is 0 Å². The lowest BCUT2D eigenvalue weighted by Gasteiger charge is -2.27. The van der Waals surface area contributed by atoms with Gasteiger partial charge in [0.2, 0.25) is 5.91 Å². The van der Waals surface area contributed by atoms with Gasteiger partial charge in [0.15, 0.2) is 0 Å². The van der Waals surface area contributed by atoms with E-state index in [1.807, 2.05) is 82.6 Å². The molecule has 0 N–H and O–H groups in total. The van der Waals surface area contributed by atoms with Crippen LogP contribution in [0.15, 0.2) is 84.9 Å². The van der Waals surface area contributed by atoms with Crippen LogP contribution < -0.4 is 4.74 Å². The van der Waals surface area contributed by atoms with Crippen LogP contribution in [0.3, 0.4) is 0 Å². The number of hydrogen-bond acceptors (Lipinski definition) is 3. The summed E-state index contributed by atoms with van der Waals surface area (Å²) in [5.41, 5.74) is 2.57. The Balaban J connectivity index is 1.51. The van der Waals surface area contributed by atoms with Crippen LogP contribution in [0.2, 0.25) is 0 Å². The first-order chi connectivity index (χ1) is 15.7. The molecule has 0 unspecified atom stereocenters. The van der Waals surface area contributed by atoms with Crippen LogP contribution in [0.25, 0.3) is 0 Å². The van der Waals surface area contributed by atoms with E-state index in [-0.39, 0.29) is 17.7 Å². The van der Waals surface area contributed by atoms with Crippen LogP contribution in [-0.4, -0.2) is 54.9 Å². The van der Waals surface area contributed by atoms with Crippen molar-refractivity contribution in [3.63, 3.8) is 0 Å². The lowest BCUT2D eigenvalue weighted by molar-refractivity contribution is -0.131. The summed E-state index contributed by atoms with van der Waals surface area (Å²) in [5, 5.41) is 0. The van der Waals surface area contributed by atoms with Crippen molar-refractivity contribution in [2.75, 3.05) is 33.3 Å². The van der Waals surface area contributed by atoms with Gasteiger partial charge in [-0.1, -0.05) is 66.7 Å². The van der Waals surface area contributed by atoms with E-state index in [4.69, 9.17) is 4.74 Å². The Labute approximate surface area is 189 Å². The first kappa shape index (κ1) is 21.6. The minimum Gasteiger partial charge on any atom is -0.497 e. The van der Waals surface area contributed by atoms with Crippen molar-refractivity contribution in [3.05, 3.63) is 102 Å². The molecule has 3 aromatic carbocycles. The Kier molecular flexibility index (Phi) is 6.85. The smallest absolute Gasteiger partial charge is 0.254 e. The molecule has 1 heterocycles. The summed E-state index contributed by atoms with van der Waals surface area (Å²) in [6, 6.07) is 27.0. The Hall–Kier alpha value is -3.60. The average molecular weight is 429 g/mol. The van der Waals surface area contributed by atoms with E-state index in [1.54, 1.807) is 19.2 Å². The van der Waals surface area contributed by atoms with Crippen molar-refractivity contribution >= 4 is 11.8 Å². The quantitative estimate of drug-likeness (QED) is 0.612. The topological polar surface area (TPSA) is 49.9 Å². The highest BCUT2D eigenvalue weighted by atomic mass is 16.5. The molecule has 1 aliphatic rings. The number of methoxy groups -OCH3 is 1. The molecule has 1 aliphatic heterocycles. The van der Waals surface area contributed by atoms with Gasteiger partial charge >= 0.3 is 0 Å². The van der Waals surface area contributed by atoms with Crippen molar-refractivity contribution < 1.29 is 14.3 Å². The molecule has 5 nitrogen and oxygen atoms in total. The summed E-state index contributed by atoms with van der Waals surface area (Å²) >= 11 is 0. The number of carbonyl (C=O) groups excluding carboxylic acids is 2. The molecule has 0 saturated carbocycles. The minimum atomic E-state index is -0.349. The first-order valence-corrected chi connectivity index (χ1v) is 11.0. The fraction of sp³-hybridized carbons (Fsp3) is 0.259. The number of benzene rings is 3. The predicted molar refractivity (Wildman–Crippen MR) is 125 cm³/mol. The number of carbonyl (C=O) groups is 2. The molecule has 0 bridgehead atoms. The third kappa shape index (κ3) is 4.83. The van der Waals surface area contributed by atoms with E-state index in [1.165, 1.54) is 0 Å². The normalized spacial score (nSPS) is 14.2. The SMILES string of the molecule is COc1cccc(C(=O)N2CCCN(C(=O)C(c3ccccc3)c3ccccc3)CC2)c1.